The Labute approximate surface area is 241 Å². The molecule has 4 aliphatic rings. The number of morpholine rings is 1. The minimum Gasteiger partial charge on any atom is -0.488 e. The van der Waals surface area contributed by atoms with Gasteiger partial charge in [0.25, 0.3) is 0 Å². The number of carbonyl (C=O) groups excluding carboxylic acids is 1. The van der Waals surface area contributed by atoms with E-state index in [1.54, 1.807) is 6.07 Å². The fourth-order valence-electron chi connectivity index (χ4n) is 7.24. The standard InChI is InChI=1S/C33H38N4O4/c1-33(2)26-19-28(37-9-5-22(6-10-37)36-11-15-40-16-12-36)29(41-23-7-13-39-14-8-23)18-25(26)31(38)30-24-4-3-21(20-34)17-27(24)35-32(30)33/h3-4,17-19,22-23,35H,5-16H2,1-2H3. The number of nitrogens with zero attached hydrogens (tertiary/aromatic N) is 3. The van der Waals surface area contributed by atoms with Crippen LogP contribution in [0.25, 0.3) is 10.9 Å². The number of ketones is 1. The molecule has 0 radical (unpaired) electrons. The molecule has 0 saturated carbocycles. The van der Waals surface area contributed by atoms with E-state index >= 15 is 0 Å². The van der Waals surface area contributed by atoms with Crippen molar-refractivity contribution in [2.75, 3.05) is 57.5 Å². The van der Waals surface area contributed by atoms with Crippen molar-refractivity contribution in [2.24, 2.45) is 0 Å². The van der Waals surface area contributed by atoms with Crippen LogP contribution in [0.3, 0.4) is 0 Å². The van der Waals surface area contributed by atoms with Crippen molar-refractivity contribution in [3.05, 3.63) is 58.3 Å². The summed E-state index contributed by atoms with van der Waals surface area (Å²) < 4.78 is 17.9. The number of H-pyrrole nitrogens is 1. The summed E-state index contributed by atoms with van der Waals surface area (Å²) in [6.07, 6.45) is 3.98. The normalized spacial score (nSPS) is 21.9. The Balaban J connectivity index is 1.28. The van der Waals surface area contributed by atoms with Gasteiger partial charge in [-0.05, 0) is 42.7 Å². The molecule has 3 aromatic rings. The molecule has 1 aromatic heterocycles. The molecule has 0 amide bonds. The van der Waals surface area contributed by atoms with Crippen LogP contribution in [-0.2, 0) is 14.9 Å². The molecule has 7 rings (SSSR count). The minimum absolute atomic E-state index is 0.0136. The van der Waals surface area contributed by atoms with E-state index in [1.165, 1.54) is 0 Å². The van der Waals surface area contributed by atoms with E-state index in [9.17, 15) is 10.1 Å². The van der Waals surface area contributed by atoms with Crippen molar-refractivity contribution in [3.63, 3.8) is 0 Å². The van der Waals surface area contributed by atoms with Crippen LogP contribution in [0.1, 0.15) is 72.3 Å². The van der Waals surface area contributed by atoms with Crippen molar-refractivity contribution in [1.29, 1.82) is 5.26 Å². The lowest BCUT2D eigenvalue weighted by Gasteiger charge is -2.42. The first-order chi connectivity index (χ1) is 19.9. The molecule has 1 N–H and O–H groups in total. The average Bonchev–Trinajstić information content (AvgIpc) is 3.41. The molecule has 0 bridgehead atoms. The third-order valence-corrected chi connectivity index (χ3v) is 9.63. The highest BCUT2D eigenvalue weighted by Gasteiger charge is 2.41. The number of ether oxygens (including phenoxy) is 3. The van der Waals surface area contributed by atoms with Gasteiger partial charge in [0.1, 0.15) is 11.9 Å². The van der Waals surface area contributed by atoms with Gasteiger partial charge in [-0.15, -0.1) is 0 Å². The van der Waals surface area contributed by atoms with Crippen LogP contribution >= 0.6 is 0 Å². The molecule has 8 nitrogen and oxygen atoms in total. The summed E-state index contributed by atoms with van der Waals surface area (Å²) in [4.78, 5) is 22.8. The van der Waals surface area contributed by atoms with Gasteiger partial charge in [-0.1, -0.05) is 19.9 Å². The quantitative estimate of drug-likeness (QED) is 0.497. The monoisotopic (exact) mass is 554 g/mol. The summed E-state index contributed by atoms with van der Waals surface area (Å²) >= 11 is 0. The zero-order valence-electron chi connectivity index (χ0n) is 24.0. The number of nitrogens with one attached hydrogen (secondary N) is 1. The number of carbonyl (C=O) groups is 1. The number of nitriles is 1. The molecule has 3 fully saturated rings. The third-order valence-electron chi connectivity index (χ3n) is 9.63. The molecular weight excluding hydrogens is 516 g/mol. The molecule has 3 aliphatic heterocycles. The van der Waals surface area contributed by atoms with Crippen molar-refractivity contribution in [1.82, 2.24) is 9.88 Å². The van der Waals surface area contributed by atoms with Crippen LogP contribution in [0, 0.1) is 11.3 Å². The number of piperidine rings is 1. The van der Waals surface area contributed by atoms with Crippen LogP contribution in [0.5, 0.6) is 5.75 Å². The van der Waals surface area contributed by atoms with E-state index in [0.717, 1.165) is 98.7 Å². The molecule has 0 atom stereocenters. The van der Waals surface area contributed by atoms with Crippen molar-refractivity contribution < 1.29 is 19.0 Å². The summed E-state index contributed by atoms with van der Waals surface area (Å²) in [5.74, 6) is 0.819. The lowest BCUT2D eigenvalue weighted by molar-refractivity contribution is 0.0114. The van der Waals surface area contributed by atoms with Crippen LogP contribution in [0.2, 0.25) is 0 Å². The Morgan fingerprint density at radius 1 is 0.976 bits per heavy atom. The Hall–Kier alpha value is -3.38. The SMILES string of the molecule is CC1(C)c2cc(N3CCC(N4CCOCC4)CC3)c(OC3CCOCC3)cc2C(=O)c2c1[nH]c1cc(C#N)ccc21. The Bertz CT molecular complexity index is 1520. The summed E-state index contributed by atoms with van der Waals surface area (Å²) in [7, 11) is 0. The summed E-state index contributed by atoms with van der Waals surface area (Å²) in [5.41, 5.74) is 5.41. The number of benzene rings is 2. The van der Waals surface area contributed by atoms with Crippen LogP contribution in [-0.4, -0.2) is 80.4 Å². The topological polar surface area (TPSA) is 90.8 Å². The first kappa shape index (κ1) is 26.5. The van der Waals surface area contributed by atoms with E-state index < -0.39 is 5.41 Å². The summed E-state index contributed by atoms with van der Waals surface area (Å²) in [6.45, 7) is 11.4. The maximum atomic E-state index is 14.2. The number of fused-ring (bicyclic) bond motifs is 4. The number of aromatic amines is 1. The van der Waals surface area contributed by atoms with Crippen LogP contribution < -0.4 is 9.64 Å². The largest absolute Gasteiger partial charge is 0.488 e. The van der Waals surface area contributed by atoms with Gasteiger partial charge >= 0.3 is 0 Å². The zero-order valence-corrected chi connectivity index (χ0v) is 24.0. The third kappa shape index (κ3) is 4.61. The van der Waals surface area contributed by atoms with E-state index in [2.05, 4.69) is 40.8 Å². The number of hydrogen-bond acceptors (Lipinski definition) is 7. The van der Waals surface area contributed by atoms with Crippen molar-refractivity contribution in [2.45, 2.75) is 57.1 Å². The lowest BCUT2D eigenvalue weighted by atomic mass is 9.71. The molecule has 0 spiro atoms. The number of hydrogen-bond donors (Lipinski definition) is 1. The smallest absolute Gasteiger partial charge is 0.195 e. The highest BCUT2D eigenvalue weighted by Crippen LogP contribution is 2.47. The Morgan fingerprint density at radius 2 is 1.71 bits per heavy atom. The molecule has 41 heavy (non-hydrogen) atoms. The maximum absolute atomic E-state index is 14.2. The van der Waals surface area contributed by atoms with E-state index in [-0.39, 0.29) is 11.9 Å². The molecule has 1 aliphatic carbocycles. The Kier molecular flexibility index (Phi) is 6.77. The second-order valence-corrected chi connectivity index (χ2v) is 12.4. The second kappa shape index (κ2) is 10.5. The number of rotatable bonds is 4. The lowest BCUT2D eigenvalue weighted by Crippen LogP contribution is -2.49. The van der Waals surface area contributed by atoms with Crippen LogP contribution in [0.15, 0.2) is 30.3 Å². The molecule has 214 valence electrons. The summed E-state index contributed by atoms with van der Waals surface area (Å²) in [5, 5.41) is 10.3. The van der Waals surface area contributed by atoms with Gasteiger partial charge in [0.2, 0.25) is 0 Å². The fraction of sp³-hybridized carbons (Fsp3) is 0.515. The molecule has 4 heterocycles. The van der Waals surface area contributed by atoms with E-state index in [0.29, 0.717) is 35.9 Å². The van der Waals surface area contributed by atoms with Crippen molar-refractivity contribution >= 4 is 22.4 Å². The molecular formula is C33H38N4O4. The fourth-order valence-corrected chi connectivity index (χ4v) is 7.24. The zero-order chi connectivity index (χ0) is 28.1. The Morgan fingerprint density at radius 3 is 2.44 bits per heavy atom. The highest BCUT2D eigenvalue weighted by atomic mass is 16.5. The van der Waals surface area contributed by atoms with Gasteiger partial charge < -0.3 is 24.1 Å². The number of anilines is 1. The first-order valence-corrected chi connectivity index (χ1v) is 15.0. The summed E-state index contributed by atoms with van der Waals surface area (Å²) in [6, 6.07) is 12.6. The van der Waals surface area contributed by atoms with Gasteiger partial charge in [-0.2, -0.15) is 5.26 Å². The maximum Gasteiger partial charge on any atom is 0.195 e. The van der Waals surface area contributed by atoms with E-state index in [1.807, 2.05) is 18.2 Å². The molecule has 8 heteroatoms. The minimum atomic E-state index is -0.428. The first-order valence-electron chi connectivity index (χ1n) is 15.0. The molecule has 3 saturated heterocycles. The van der Waals surface area contributed by atoms with Crippen LogP contribution in [0.4, 0.5) is 5.69 Å². The molecule has 2 aromatic carbocycles. The predicted octanol–water partition coefficient (Wildman–Crippen LogP) is 4.77. The van der Waals surface area contributed by atoms with Gasteiger partial charge in [0.15, 0.2) is 5.78 Å². The highest BCUT2D eigenvalue weighted by molar-refractivity contribution is 6.20. The van der Waals surface area contributed by atoms with Crippen molar-refractivity contribution in [3.8, 4) is 11.8 Å². The predicted molar refractivity (Wildman–Crippen MR) is 157 cm³/mol. The van der Waals surface area contributed by atoms with Gasteiger partial charge in [-0.3, -0.25) is 9.69 Å². The molecule has 0 unspecified atom stereocenters. The average molecular weight is 555 g/mol. The second-order valence-electron chi connectivity index (χ2n) is 12.4. The van der Waals surface area contributed by atoms with Gasteiger partial charge in [0.05, 0.1) is 49.3 Å². The van der Waals surface area contributed by atoms with E-state index in [4.69, 9.17) is 14.2 Å². The van der Waals surface area contributed by atoms with Gasteiger partial charge in [0, 0.05) is 72.6 Å². The van der Waals surface area contributed by atoms with Gasteiger partial charge in [-0.25, -0.2) is 0 Å². The number of aromatic nitrogens is 1.